The van der Waals surface area contributed by atoms with Crippen molar-refractivity contribution in [1.29, 1.82) is 0 Å². The van der Waals surface area contributed by atoms with Gasteiger partial charge in [-0.1, -0.05) is 17.7 Å². The van der Waals surface area contributed by atoms with Crippen molar-refractivity contribution in [3.05, 3.63) is 41.2 Å². The molecule has 114 valence electrons. The van der Waals surface area contributed by atoms with Gasteiger partial charge in [-0.25, -0.2) is 4.79 Å². The molecule has 2 rings (SSSR count). The summed E-state index contributed by atoms with van der Waals surface area (Å²) in [4.78, 5) is 11.8. The van der Waals surface area contributed by atoms with Gasteiger partial charge in [-0.3, -0.25) is 0 Å². The maximum absolute atomic E-state index is 12.2. The smallest absolute Gasteiger partial charge is 0.338 e. The third kappa shape index (κ3) is 3.41. The Kier molecular flexibility index (Phi) is 4.63. The van der Waals surface area contributed by atoms with Crippen LogP contribution in [0.1, 0.15) is 12.5 Å². The standard InChI is InChI=1S/C14H16O5S2/c1-9-4-6-11(7-5-9)21(16,17)19-12-8-20-10(2)13(12)14(15)18-3/h4-7,10H,8H2,1-3H3. The normalized spacial score (nSPS) is 18.7. The molecule has 1 aliphatic heterocycles. The number of carbonyl (C=O) groups excluding carboxylic acids is 1. The second-order valence-electron chi connectivity index (χ2n) is 4.63. The number of esters is 1. The van der Waals surface area contributed by atoms with Crippen molar-refractivity contribution in [2.24, 2.45) is 0 Å². The molecule has 0 aromatic heterocycles. The van der Waals surface area contributed by atoms with E-state index in [9.17, 15) is 13.2 Å². The maximum atomic E-state index is 12.2. The van der Waals surface area contributed by atoms with Gasteiger partial charge in [-0.05, 0) is 26.0 Å². The second-order valence-corrected chi connectivity index (χ2v) is 7.51. The summed E-state index contributed by atoms with van der Waals surface area (Å²) in [5, 5.41) is -0.152. The fraction of sp³-hybridized carbons (Fsp3) is 0.357. The maximum Gasteiger partial charge on any atom is 0.338 e. The first-order valence-electron chi connectivity index (χ1n) is 6.29. The van der Waals surface area contributed by atoms with Gasteiger partial charge in [0.1, 0.15) is 10.7 Å². The van der Waals surface area contributed by atoms with E-state index >= 15 is 0 Å². The highest BCUT2D eigenvalue weighted by molar-refractivity contribution is 8.00. The van der Waals surface area contributed by atoms with E-state index in [1.54, 1.807) is 12.1 Å². The van der Waals surface area contributed by atoms with Crippen molar-refractivity contribution in [3.8, 4) is 0 Å². The van der Waals surface area contributed by atoms with E-state index in [0.717, 1.165) is 5.56 Å². The number of aryl methyl sites for hydroxylation is 1. The van der Waals surface area contributed by atoms with Gasteiger partial charge >= 0.3 is 16.1 Å². The molecule has 1 heterocycles. The van der Waals surface area contributed by atoms with Crippen LogP contribution in [0.3, 0.4) is 0 Å². The summed E-state index contributed by atoms with van der Waals surface area (Å²) < 4.78 is 34.3. The molecular formula is C14H16O5S2. The Labute approximate surface area is 128 Å². The van der Waals surface area contributed by atoms with Crippen LogP contribution in [0.25, 0.3) is 0 Å². The minimum Gasteiger partial charge on any atom is -0.466 e. The van der Waals surface area contributed by atoms with E-state index in [1.807, 2.05) is 13.8 Å². The zero-order valence-electron chi connectivity index (χ0n) is 12.0. The van der Waals surface area contributed by atoms with Crippen LogP contribution in [-0.4, -0.2) is 32.5 Å². The van der Waals surface area contributed by atoms with Crippen molar-refractivity contribution in [2.45, 2.75) is 24.0 Å². The molecule has 0 N–H and O–H groups in total. The van der Waals surface area contributed by atoms with Crippen molar-refractivity contribution in [3.63, 3.8) is 0 Å². The molecule has 0 saturated carbocycles. The zero-order chi connectivity index (χ0) is 15.6. The van der Waals surface area contributed by atoms with Crippen LogP contribution >= 0.6 is 11.8 Å². The first-order chi connectivity index (χ1) is 9.85. The molecule has 0 spiro atoms. The first-order valence-corrected chi connectivity index (χ1v) is 8.75. The van der Waals surface area contributed by atoms with E-state index in [-0.39, 0.29) is 21.5 Å². The Balaban J connectivity index is 2.33. The lowest BCUT2D eigenvalue weighted by molar-refractivity contribution is -0.136. The van der Waals surface area contributed by atoms with Gasteiger partial charge in [0.2, 0.25) is 0 Å². The Morgan fingerprint density at radius 3 is 2.48 bits per heavy atom. The molecule has 1 aromatic carbocycles. The first kappa shape index (κ1) is 15.9. The molecule has 21 heavy (non-hydrogen) atoms. The molecule has 5 nitrogen and oxygen atoms in total. The molecular weight excluding hydrogens is 312 g/mol. The highest BCUT2D eigenvalue weighted by Gasteiger charge is 2.33. The highest BCUT2D eigenvalue weighted by Crippen LogP contribution is 2.35. The fourth-order valence-corrected chi connectivity index (χ4v) is 4.00. The molecule has 1 atom stereocenters. The molecule has 0 radical (unpaired) electrons. The SMILES string of the molecule is COC(=O)C1=C(OS(=O)(=O)c2ccc(C)cc2)CSC1C. The summed E-state index contributed by atoms with van der Waals surface area (Å²) in [5.74, 6) is -0.0713. The number of hydrogen-bond acceptors (Lipinski definition) is 6. The summed E-state index contributed by atoms with van der Waals surface area (Å²) in [6, 6.07) is 6.35. The monoisotopic (exact) mass is 328 g/mol. The number of rotatable bonds is 4. The molecule has 1 unspecified atom stereocenters. The van der Waals surface area contributed by atoms with Gasteiger partial charge in [0.15, 0.2) is 0 Å². The van der Waals surface area contributed by atoms with Crippen LogP contribution < -0.4 is 0 Å². The summed E-state index contributed by atoms with van der Waals surface area (Å²) in [7, 11) is -2.68. The van der Waals surface area contributed by atoms with Gasteiger partial charge in [0.25, 0.3) is 0 Å². The summed E-state index contributed by atoms with van der Waals surface area (Å²) in [6.07, 6.45) is 0. The van der Waals surface area contributed by atoms with Gasteiger partial charge in [0.05, 0.1) is 18.4 Å². The minimum atomic E-state index is -3.94. The Bertz CT molecular complexity index is 674. The predicted octanol–water partition coefficient (Wildman–Crippen LogP) is 2.26. The van der Waals surface area contributed by atoms with Crippen molar-refractivity contribution in [1.82, 2.24) is 0 Å². The molecule has 1 aromatic rings. The molecule has 0 bridgehead atoms. The topological polar surface area (TPSA) is 69.7 Å². The lowest BCUT2D eigenvalue weighted by Gasteiger charge is -2.10. The fourth-order valence-electron chi connectivity index (χ4n) is 1.93. The van der Waals surface area contributed by atoms with E-state index in [1.165, 1.54) is 31.0 Å². The number of thioether (sulfide) groups is 1. The number of ether oxygens (including phenoxy) is 1. The molecule has 1 aliphatic rings. The average Bonchev–Trinajstić information content (AvgIpc) is 2.79. The lowest BCUT2D eigenvalue weighted by Crippen LogP contribution is -2.15. The van der Waals surface area contributed by atoms with Crippen LogP contribution in [0.2, 0.25) is 0 Å². The summed E-state index contributed by atoms with van der Waals surface area (Å²) in [5.41, 5.74) is 1.23. The molecule has 0 amide bonds. The Morgan fingerprint density at radius 1 is 1.29 bits per heavy atom. The number of benzene rings is 1. The Morgan fingerprint density at radius 2 is 1.90 bits per heavy atom. The van der Waals surface area contributed by atoms with Crippen LogP contribution in [-0.2, 0) is 23.8 Å². The molecule has 0 fully saturated rings. The number of carbonyl (C=O) groups is 1. The number of hydrogen-bond donors (Lipinski definition) is 0. The minimum absolute atomic E-state index is 0.0642. The third-order valence-electron chi connectivity index (χ3n) is 3.10. The summed E-state index contributed by atoms with van der Waals surface area (Å²) >= 11 is 1.43. The van der Waals surface area contributed by atoms with Gasteiger partial charge < -0.3 is 8.92 Å². The largest absolute Gasteiger partial charge is 0.466 e. The van der Waals surface area contributed by atoms with Gasteiger partial charge in [0, 0.05) is 5.25 Å². The highest BCUT2D eigenvalue weighted by atomic mass is 32.2. The van der Waals surface area contributed by atoms with Crippen molar-refractivity contribution in [2.75, 3.05) is 12.9 Å². The van der Waals surface area contributed by atoms with Gasteiger partial charge in [-0.15, -0.1) is 11.8 Å². The quantitative estimate of drug-likeness (QED) is 0.624. The molecule has 0 saturated heterocycles. The van der Waals surface area contributed by atoms with Gasteiger partial charge in [-0.2, -0.15) is 8.42 Å². The lowest BCUT2D eigenvalue weighted by atomic mass is 10.2. The van der Waals surface area contributed by atoms with Crippen LogP contribution in [0.4, 0.5) is 0 Å². The van der Waals surface area contributed by atoms with Crippen LogP contribution in [0.5, 0.6) is 0 Å². The van der Waals surface area contributed by atoms with E-state index in [0.29, 0.717) is 5.75 Å². The van der Waals surface area contributed by atoms with Crippen molar-refractivity contribution < 1.29 is 22.1 Å². The average molecular weight is 328 g/mol. The summed E-state index contributed by atoms with van der Waals surface area (Å²) in [6.45, 7) is 3.68. The third-order valence-corrected chi connectivity index (χ3v) is 5.53. The Hall–Kier alpha value is -1.47. The molecule has 7 heteroatoms. The predicted molar refractivity (Wildman–Crippen MR) is 80.4 cm³/mol. The molecule has 0 aliphatic carbocycles. The second kappa shape index (κ2) is 6.11. The zero-order valence-corrected chi connectivity index (χ0v) is 13.6. The van der Waals surface area contributed by atoms with E-state index in [4.69, 9.17) is 4.18 Å². The van der Waals surface area contributed by atoms with Crippen molar-refractivity contribution >= 4 is 27.8 Å². The number of methoxy groups -OCH3 is 1. The van der Waals surface area contributed by atoms with Crippen LogP contribution in [0.15, 0.2) is 40.5 Å². The van der Waals surface area contributed by atoms with Crippen LogP contribution in [0, 0.1) is 6.92 Å². The van der Waals surface area contributed by atoms with E-state index < -0.39 is 16.1 Å². The van der Waals surface area contributed by atoms with E-state index in [2.05, 4.69) is 4.74 Å².